The molecule has 0 amide bonds. The molecule has 2 heterocycles. The van der Waals surface area contributed by atoms with Crippen molar-refractivity contribution < 1.29 is 0 Å². The Balaban J connectivity index is 1.71. The molecular weight excluding hydrogens is 460 g/mol. The summed E-state index contributed by atoms with van der Waals surface area (Å²) >= 11 is 5.12. The van der Waals surface area contributed by atoms with Gasteiger partial charge in [0.05, 0.1) is 16.6 Å². The molecule has 0 bridgehead atoms. The van der Waals surface area contributed by atoms with Crippen LogP contribution >= 0.6 is 27.7 Å². The average Bonchev–Trinajstić information content (AvgIpc) is 3.17. The van der Waals surface area contributed by atoms with Crippen molar-refractivity contribution in [1.82, 2.24) is 19.2 Å². The van der Waals surface area contributed by atoms with Gasteiger partial charge in [0.15, 0.2) is 5.16 Å². The zero-order chi connectivity index (χ0) is 20.7. The van der Waals surface area contributed by atoms with Crippen LogP contribution in [0.5, 0.6) is 0 Å². The molecule has 0 aliphatic rings. The van der Waals surface area contributed by atoms with Crippen molar-refractivity contribution in [1.29, 1.82) is 0 Å². The standard InChI is InChI=1S/C23H17BrN4OS/c1-15-9-11-18(12-10-15)27-21(29)19-7-2-3-8-20(19)28-22(27)25-26-23(28)30-14-16-5-4-6-17(24)13-16/h2-13H,14H2,1H3. The van der Waals surface area contributed by atoms with E-state index in [-0.39, 0.29) is 5.56 Å². The Morgan fingerprint density at radius 1 is 0.967 bits per heavy atom. The molecule has 0 aliphatic carbocycles. The zero-order valence-corrected chi connectivity index (χ0v) is 18.5. The molecule has 0 saturated heterocycles. The molecule has 0 saturated carbocycles. The molecule has 0 atom stereocenters. The van der Waals surface area contributed by atoms with Crippen molar-refractivity contribution in [2.45, 2.75) is 17.8 Å². The van der Waals surface area contributed by atoms with Gasteiger partial charge in [-0.1, -0.05) is 69.7 Å². The first-order valence-electron chi connectivity index (χ1n) is 9.45. The first-order chi connectivity index (χ1) is 14.6. The molecule has 0 fully saturated rings. The first kappa shape index (κ1) is 19.1. The Bertz CT molecular complexity index is 1440. The Hall–Kier alpha value is -2.90. The quantitative estimate of drug-likeness (QED) is 0.326. The van der Waals surface area contributed by atoms with E-state index in [4.69, 9.17) is 0 Å². The van der Waals surface area contributed by atoms with Gasteiger partial charge in [-0.2, -0.15) is 0 Å². The average molecular weight is 477 g/mol. The summed E-state index contributed by atoms with van der Waals surface area (Å²) in [5.74, 6) is 1.26. The van der Waals surface area contributed by atoms with Crippen LogP contribution in [0.4, 0.5) is 0 Å². The molecule has 5 rings (SSSR count). The third-order valence-electron chi connectivity index (χ3n) is 4.94. The third-order valence-corrected chi connectivity index (χ3v) is 6.44. The number of halogens is 1. The van der Waals surface area contributed by atoms with Crippen molar-refractivity contribution in [3.8, 4) is 5.69 Å². The van der Waals surface area contributed by atoms with Crippen LogP contribution in [-0.2, 0) is 5.75 Å². The highest BCUT2D eigenvalue weighted by Crippen LogP contribution is 2.26. The number of hydrogen-bond donors (Lipinski definition) is 0. The topological polar surface area (TPSA) is 52.2 Å². The fourth-order valence-electron chi connectivity index (χ4n) is 3.47. The molecule has 148 valence electrons. The van der Waals surface area contributed by atoms with Crippen LogP contribution in [0.1, 0.15) is 11.1 Å². The Labute approximate surface area is 185 Å². The maximum Gasteiger partial charge on any atom is 0.267 e. The third kappa shape index (κ3) is 3.34. The highest BCUT2D eigenvalue weighted by Gasteiger charge is 2.17. The molecule has 5 nitrogen and oxygen atoms in total. The molecular formula is C23H17BrN4OS. The largest absolute Gasteiger partial charge is 0.268 e. The molecule has 0 aliphatic heterocycles. The summed E-state index contributed by atoms with van der Waals surface area (Å²) in [6, 6.07) is 23.7. The highest BCUT2D eigenvalue weighted by atomic mass is 79.9. The monoisotopic (exact) mass is 476 g/mol. The summed E-state index contributed by atoms with van der Waals surface area (Å²) in [5, 5.41) is 10.2. The van der Waals surface area contributed by atoms with Crippen molar-refractivity contribution in [2.75, 3.05) is 0 Å². The van der Waals surface area contributed by atoms with E-state index in [0.29, 0.717) is 11.2 Å². The van der Waals surface area contributed by atoms with Gasteiger partial charge in [0.1, 0.15) is 0 Å². The van der Waals surface area contributed by atoms with E-state index >= 15 is 0 Å². The highest BCUT2D eigenvalue weighted by molar-refractivity contribution is 9.10. The van der Waals surface area contributed by atoms with Crippen LogP contribution in [0.25, 0.3) is 22.4 Å². The summed E-state index contributed by atoms with van der Waals surface area (Å²) in [6.07, 6.45) is 0. The van der Waals surface area contributed by atoms with Crippen LogP contribution in [0.15, 0.2) is 87.2 Å². The number of para-hydroxylation sites is 1. The lowest BCUT2D eigenvalue weighted by atomic mass is 10.2. The minimum Gasteiger partial charge on any atom is -0.268 e. The number of nitrogens with zero attached hydrogens (tertiary/aromatic N) is 4. The van der Waals surface area contributed by atoms with Crippen LogP contribution in [0, 0.1) is 6.92 Å². The molecule has 0 radical (unpaired) electrons. The Morgan fingerprint density at radius 2 is 1.77 bits per heavy atom. The van der Waals surface area contributed by atoms with Crippen molar-refractivity contribution >= 4 is 44.4 Å². The minimum absolute atomic E-state index is 0.0992. The summed E-state index contributed by atoms with van der Waals surface area (Å²) < 4.78 is 4.65. The van der Waals surface area contributed by atoms with Gasteiger partial charge in [-0.15, -0.1) is 10.2 Å². The normalized spacial score (nSPS) is 11.4. The number of fused-ring (bicyclic) bond motifs is 3. The number of benzene rings is 3. The molecule has 30 heavy (non-hydrogen) atoms. The van der Waals surface area contributed by atoms with Gasteiger partial charge in [-0.25, -0.2) is 4.57 Å². The molecule has 0 spiro atoms. The molecule has 2 aromatic heterocycles. The van der Waals surface area contributed by atoms with Gasteiger partial charge in [0.2, 0.25) is 5.78 Å². The second-order valence-corrected chi connectivity index (χ2v) is 8.89. The van der Waals surface area contributed by atoms with Gasteiger partial charge < -0.3 is 0 Å². The lowest BCUT2D eigenvalue weighted by molar-refractivity contribution is 0.930. The predicted octanol–water partition coefficient (Wildman–Crippen LogP) is 5.40. The second kappa shape index (κ2) is 7.74. The Kier molecular flexibility index (Phi) is 4.92. The minimum atomic E-state index is -0.0992. The molecule has 7 heteroatoms. The van der Waals surface area contributed by atoms with Crippen LogP contribution in [0.3, 0.4) is 0 Å². The summed E-state index contributed by atoms with van der Waals surface area (Å²) in [6.45, 7) is 2.02. The van der Waals surface area contributed by atoms with Gasteiger partial charge in [0, 0.05) is 10.2 Å². The molecule has 5 aromatic rings. The van der Waals surface area contributed by atoms with E-state index in [1.54, 1.807) is 16.3 Å². The van der Waals surface area contributed by atoms with Crippen molar-refractivity contribution in [3.05, 3.63) is 98.7 Å². The number of hydrogen-bond acceptors (Lipinski definition) is 4. The molecule has 0 unspecified atom stereocenters. The van der Waals surface area contributed by atoms with Crippen LogP contribution < -0.4 is 5.56 Å². The fraction of sp³-hybridized carbons (Fsp3) is 0.0870. The Morgan fingerprint density at radius 3 is 2.57 bits per heavy atom. The van der Waals surface area contributed by atoms with Crippen molar-refractivity contribution in [3.63, 3.8) is 0 Å². The van der Waals surface area contributed by atoms with E-state index in [1.807, 2.05) is 72.0 Å². The second-order valence-electron chi connectivity index (χ2n) is 7.03. The first-order valence-corrected chi connectivity index (χ1v) is 11.2. The van der Waals surface area contributed by atoms with E-state index < -0.39 is 0 Å². The van der Waals surface area contributed by atoms with Crippen LogP contribution in [0.2, 0.25) is 0 Å². The number of rotatable bonds is 4. The predicted molar refractivity (Wildman–Crippen MR) is 125 cm³/mol. The number of thioether (sulfide) groups is 1. The summed E-state index contributed by atoms with van der Waals surface area (Å²) in [5.41, 5.74) is 3.80. The van der Waals surface area contributed by atoms with E-state index in [0.717, 1.165) is 32.1 Å². The number of aryl methyl sites for hydroxylation is 1. The maximum absolute atomic E-state index is 13.3. The smallest absolute Gasteiger partial charge is 0.267 e. The SMILES string of the molecule is Cc1ccc(-n2c(=O)c3ccccc3n3c(SCc4cccc(Br)c4)nnc23)cc1. The summed E-state index contributed by atoms with van der Waals surface area (Å²) in [4.78, 5) is 13.3. The lowest BCUT2D eigenvalue weighted by Crippen LogP contribution is -2.21. The fourth-order valence-corrected chi connectivity index (χ4v) is 4.80. The molecule has 0 N–H and O–H groups in total. The summed E-state index contributed by atoms with van der Waals surface area (Å²) in [7, 11) is 0. The van der Waals surface area contributed by atoms with Crippen molar-refractivity contribution in [2.24, 2.45) is 0 Å². The van der Waals surface area contributed by atoms with Gasteiger partial charge in [0.25, 0.3) is 5.56 Å². The zero-order valence-electron chi connectivity index (χ0n) is 16.1. The maximum atomic E-state index is 13.3. The van der Waals surface area contributed by atoms with E-state index in [1.165, 1.54) is 5.56 Å². The van der Waals surface area contributed by atoms with Gasteiger partial charge in [-0.05, 0) is 48.9 Å². The van der Waals surface area contributed by atoms with E-state index in [9.17, 15) is 4.79 Å². The van der Waals surface area contributed by atoms with E-state index in [2.05, 4.69) is 38.3 Å². The van der Waals surface area contributed by atoms with Gasteiger partial charge in [-0.3, -0.25) is 9.20 Å². The lowest BCUT2D eigenvalue weighted by Gasteiger charge is -2.11. The number of aromatic nitrogens is 4. The van der Waals surface area contributed by atoms with Gasteiger partial charge >= 0.3 is 0 Å². The molecule has 3 aromatic carbocycles. The van der Waals surface area contributed by atoms with Crippen LogP contribution in [-0.4, -0.2) is 19.2 Å².